The average Bonchev–Trinajstić information content (AvgIpc) is 2.43. The van der Waals surface area contributed by atoms with Gasteiger partial charge in [0.05, 0.1) is 10.0 Å². The second kappa shape index (κ2) is 4.84. The highest BCUT2D eigenvalue weighted by atomic mass is 35.5. The monoisotopic (exact) mass is 290 g/mol. The van der Waals surface area contributed by atoms with Gasteiger partial charge < -0.3 is 0 Å². The normalized spacial score (nSPS) is 10.9. The molecule has 0 bridgehead atoms. The lowest BCUT2D eigenvalue weighted by molar-refractivity contribution is 0.640. The predicted octanol–water partition coefficient (Wildman–Crippen LogP) is 5.95. The fourth-order valence-corrected chi connectivity index (χ4v) is 2.61. The van der Waals surface area contributed by atoms with Gasteiger partial charge in [0.25, 0.3) is 0 Å². The molecule has 0 aliphatic rings. The smallest absolute Gasteiger partial charge is 0.131 e. The molecule has 19 heavy (non-hydrogen) atoms. The zero-order valence-electron chi connectivity index (χ0n) is 9.83. The van der Waals surface area contributed by atoms with E-state index in [0.717, 1.165) is 16.5 Å². The van der Waals surface area contributed by atoms with Crippen molar-refractivity contribution in [1.82, 2.24) is 0 Å². The Hall–Kier alpha value is -1.57. The Morgan fingerprint density at radius 3 is 2.21 bits per heavy atom. The third-order valence-electron chi connectivity index (χ3n) is 3.11. The summed E-state index contributed by atoms with van der Waals surface area (Å²) >= 11 is 12.3. The summed E-state index contributed by atoms with van der Waals surface area (Å²) in [5.41, 5.74) is 1.69. The molecule has 0 nitrogen and oxygen atoms in total. The Labute approximate surface area is 120 Å². The van der Waals surface area contributed by atoms with E-state index in [2.05, 4.69) is 0 Å². The molecule has 0 unspecified atom stereocenters. The van der Waals surface area contributed by atoms with Crippen molar-refractivity contribution in [2.24, 2.45) is 0 Å². The Morgan fingerprint density at radius 1 is 0.684 bits per heavy atom. The van der Waals surface area contributed by atoms with Gasteiger partial charge in [-0.3, -0.25) is 0 Å². The number of hydrogen-bond donors (Lipinski definition) is 0. The molecule has 0 amide bonds. The number of fused-ring (bicyclic) bond motifs is 1. The van der Waals surface area contributed by atoms with Crippen LogP contribution in [0.4, 0.5) is 4.39 Å². The van der Waals surface area contributed by atoms with Gasteiger partial charge in [-0.15, -0.1) is 0 Å². The summed E-state index contributed by atoms with van der Waals surface area (Å²) in [4.78, 5) is 0. The molecule has 3 aromatic rings. The summed E-state index contributed by atoms with van der Waals surface area (Å²) in [6.07, 6.45) is 0. The number of benzene rings is 3. The molecule has 3 heteroatoms. The van der Waals surface area contributed by atoms with Crippen LogP contribution in [0.1, 0.15) is 0 Å². The van der Waals surface area contributed by atoms with E-state index in [1.54, 1.807) is 18.2 Å². The molecule has 3 rings (SSSR count). The molecule has 0 aliphatic heterocycles. The molecule has 0 aliphatic carbocycles. The molecular weight excluding hydrogens is 282 g/mol. The van der Waals surface area contributed by atoms with Crippen LogP contribution in [0.3, 0.4) is 0 Å². The van der Waals surface area contributed by atoms with Crippen molar-refractivity contribution in [3.05, 3.63) is 70.5 Å². The molecule has 0 radical (unpaired) electrons. The summed E-state index contributed by atoms with van der Waals surface area (Å²) < 4.78 is 13.8. The summed E-state index contributed by atoms with van der Waals surface area (Å²) in [6, 6.07) is 16.0. The van der Waals surface area contributed by atoms with Crippen molar-refractivity contribution in [3.63, 3.8) is 0 Å². The molecule has 0 saturated heterocycles. The van der Waals surface area contributed by atoms with E-state index < -0.39 is 0 Å². The van der Waals surface area contributed by atoms with Crippen LogP contribution in [-0.2, 0) is 0 Å². The van der Waals surface area contributed by atoms with Crippen molar-refractivity contribution >= 4 is 34.0 Å². The van der Waals surface area contributed by atoms with E-state index in [1.807, 2.05) is 30.3 Å². The Kier molecular flexibility index (Phi) is 3.17. The predicted molar refractivity (Wildman–Crippen MR) is 79.4 cm³/mol. The van der Waals surface area contributed by atoms with Gasteiger partial charge in [0.2, 0.25) is 0 Å². The molecular formula is C16H9Cl2F. The molecule has 0 aromatic heterocycles. The zero-order chi connectivity index (χ0) is 13.4. The molecule has 0 spiro atoms. The number of rotatable bonds is 1. The zero-order valence-corrected chi connectivity index (χ0v) is 11.3. The summed E-state index contributed by atoms with van der Waals surface area (Å²) in [7, 11) is 0. The third-order valence-corrected chi connectivity index (χ3v) is 3.93. The van der Waals surface area contributed by atoms with Gasteiger partial charge >= 0.3 is 0 Å². The molecule has 0 N–H and O–H groups in total. The van der Waals surface area contributed by atoms with E-state index in [0.29, 0.717) is 15.4 Å². The minimum absolute atomic E-state index is 0.238. The first-order valence-corrected chi connectivity index (χ1v) is 6.55. The lowest BCUT2D eigenvalue weighted by Crippen LogP contribution is -1.86. The maximum Gasteiger partial charge on any atom is 0.131 e. The van der Waals surface area contributed by atoms with Crippen LogP contribution >= 0.6 is 23.2 Å². The molecule has 0 heterocycles. The first-order chi connectivity index (χ1) is 9.18. The Bertz CT molecular complexity index is 766. The van der Waals surface area contributed by atoms with Crippen LogP contribution in [0.15, 0.2) is 54.6 Å². The third kappa shape index (κ3) is 2.09. The van der Waals surface area contributed by atoms with Crippen LogP contribution in [0, 0.1) is 5.82 Å². The summed E-state index contributed by atoms with van der Waals surface area (Å²) in [6.45, 7) is 0. The first kappa shape index (κ1) is 12.5. The fraction of sp³-hybridized carbons (Fsp3) is 0. The highest BCUT2D eigenvalue weighted by Crippen LogP contribution is 2.37. The standard InChI is InChI=1S/C16H9Cl2F/c17-14-7-3-6-13(16(14)18)11-8-9-15(19)12-5-2-1-4-10(11)12/h1-9H. The topological polar surface area (TPSA) is 0 Å². The van der Waals surface area contributed by atoms with Crippen LogP contribution in [0.25, 0.3) is 21.9 Å². The van der Waals surface area contributed by atoms with Crippen molar-refractivity contribution in [2.45, 2.75) is 0 Å². The quantitative estimate of drug-likeness (QED) is 0.519. The van der Waals surface area contributed by atoms with Crippen molar-refractivity contribution in [1.29, 1.82) is 0 Å². The van der Waals surface area contributed by atoms with Crippen LogP contribution in [0.2, 0.25) is 10.0 Å². The molecule has 0 fully saturated rings. The van der Waals surface area contributed by atoms with Gasteiger partial charge in [0.1, 0.15) is 5.82 Å². The van der Waals surface area contributed by atoms with E-state index in [1.165, 1.54) is 6.07 Å². The van der Waals surface area contributed by atoms with E-state index >= 15 is 0 Å². The average molecular weight is 291 g/mol. The summed E-state index contributed by atoms with van der Waals surface area (Å²) in [5, 5.41) is 2.39. The van der Waals surface area contributed by atoms with Crippen LogP contribution in [0.5, 0.6) is 0 Å². The van der Waals surface area contributed by atoms with E-state index in [9.17, 15) is 4.39 Å². The van der Waals surface area contributed by atoms with Crippen molar-refractivity contribution in [3.8, 4) is 11.1 Å². The summed E-state index contributed by atoms with van der Waals surface area (Å²) in [5.74, 6) is -0.238. The second-order valence-electron chi connectivity index (χ2n) is 4.24. The fourth-order valence-electron chi connectivity index (χ4n) is 2.21. The second-order valence-corrected chi connectivity index (χ2v) is 5.03. The van der Waals surface area contributed by atoms with E-state index in [4.69, 9.17) is 23.2 Å². The number of hydrogen-bond acceptors (Lipinski definition) is 0. The van der Waals surface area contributed by atoms with Crippen molar-refractivity contribution < 1.29 is 4.39 Å². The Balaban J connectivity index is 2.38. The van der Waals surface area contributed by atoms with Crippen LogP contribution in [-0.4, -0.2) is 0 Å². The highest BCUT2D eigenvalue weighted by molar-refractivity contribution is 6.43. The number of halogens is 3. The van der Waals surface area contributed by atoms with Gasteiger partial charge in [-0.05, 0) is 23.1 Å². The SMILES string of the molecule is Fc1ccc(-c2cccc(Cl)c2Cl)c2ccccc12. The molecule has 0 saturated carbocycles. The van der Waals surface area contributed by atoms with Gasteiger partial charge in [-0.1, -0.05) is 65.7 Å². The molecule has 94 valence electrons. The lowest BCUT2D eigenvalue weighted by Gasteiger charge is -2.10. The van der Waals surface area contributed by atoms with Crippen molar-refractivity contribution in [2.75, 3.05) is 0 Å². The van der Waals surface area contributed by atoms with E-state index in [-0.39, 0.29) is 5.82 Å². The Morgan fingerprint density at radius 2 is 1.42 bits per heavy atom. The van der Waals surface area contributed by atoms with Gasteiger partial charge in [-0.25, -0.2) is 4.39 Å². The highest BCUT2D eigenvalue weighted by Gasteiger charge is 2.11. The van der Waals surface area contributed by atoms with Gasteiger partial charge in [0, 0.05) is 10.9 Å². The maximum atomic E-state index is 13.8. The van der Waals surface area contributed by atoms with Crippen LogP contribution < -0.4 is 0 Å². The van der Waals surface area contributed by atoms with Gasteiger partial charge in [-0.2, -0.15) is 0 Å². The maximum absolute atomic E-state index is 13.8. The van der Waals surface area contributed by atoms with Gasteiger partial charge in [0.15, 0.2) is 0 Å². The molecule has 0 atom stereocenters. The minimum Gasteiger partial charge on any atom is -0.206 e. The largest absolute Gasteiger partial charge is 0.206 e. The molecule has 3 aromatic carbocycles. The first-order valence-electron chi connectivity index (χ1n) is 5.80. The lowest BCUT2D eigenvalue weighted by atomic mass is 9.98. The minimum atomic E-state index is -0.238.